The van der Waals surface area contributed by atoms with Crippen LogP contribution < -0.4 is 4.74 Å². The summed E-state index contributed by atoms with van der Waals surface area (Å²) in [5.74, 6) is 0.755. The van der Waals surface area contributed by atoms with E-state index in [2.05, 4.69) is 10.1 Å². The van der Waals surface area contributed by atoms with E-state index < -0.39 is 0 Å². The summed E-state index contributed by atoms with van der Waals surface area (Å²) in [5.41, 5.74) is 2.08. The Morgan fingerprint density at radius 2 is 2.06 bits per heavy atom. The first-order valence-corrected chi connectivity index (χ1v) is 6.70. The molecule has 0 saturated heterocycles. The van der Waals surface area contributed by atoms with Gasteiger partial charge in [0.2, 0.25) is 5.88 Å². The van der Waals surface area contributed by atoms with Crippen LogP contribution in [0.2, 0.25) is 0 Å². The molecule has 2 aromatic rings. The molecule has 0 amide bonds. The maximum Gasteiger partial charge on any atom is 0.225 e. The van der Waals surface area contributed by atoms with Gasteiger partial charge in [-0.1, -0.05) is 6.42 Å². The van der Waals surface area contributed by atoms with E-state index in [-0.39, 0.29) is 0 Å². The molecular weight excluding hydrogens is 226 g/mol. The SMILES string of the molecule is Cc1nn(C)c2ccnc(OC3CCCCC3)c12. The van der Waals surface area contributed by atoms with Crippen LogP contribution in [0.25, 0.3) is 10.9 Å². The number of hydrogen-bond acceptors (Lipinski definition) is 3. The van der Waals surface area contributed by atoms with Gasteiger partial charge in [-0.3, -0.25) is 4.68 Å². The Balaban J connectivity index is 1.95. The van der Waals surface area contributed by atoms with Gasteiger partial charge in [-0.05, 0) is 38.7 Å². The minimum Gasteiger partial charge on any atom is -0.474 e. The number of pyridine rings is 1. The van der Waals surface area contributed by atoms with E-state index in [0.29, 0.717) is 6.10 Å². The van der Waals surface area contributed by atoms with E-state index in [9.17, 15) is 0 Å². The summed E-state index contributed by atoms with van der Waals surface area (Å²) in [4.78, 5) is 4.40. The van der Waals surface area contributed by atoms with Gasteiger partial charge < -0.3 is 4.74 Å². The molecule has 1 saturated carbocycles. The van der Waals surface area contributed by atoms with Gasteiger partial charge >= 0.3 is 0 Å². The zero-order valence-corrected chi connectivity index (χ0v) is 11.0. The van der Waals surface area contributed by atoms with Gasteiger partial charge in [0.1, 0.15) is 6.10 Å². The highest BCUT2D eigenvalue weighted by atomic mass is 16.5. The molecule has 4 heteroatoms. The first-order chi connectivity index (χ1) is 8.75. The van der Waals surface area contributed by atoms with Gasteiger partial charge in [-0.2, -0.15) is 5.10 Å². The lowest BCUT2D eigenvalue weighted by Gasteiger charge is -2.22. The maximum atomic E-state index is 6.10. The monoisotopic (exact) mass is 245 g/mol. The summed E-state index contributed by atoms with van der Waals surface area (Å²) in [6.45, 7) is 2.01. The third kappa shape index (κ3) is 1.96. The molecule has 2 heterocycles. The molecular formula is C14H19N3O. The van der Waals surface area contributed by atoms with E-state index in [1.54, 1.807) is 0 Å². The first kappa shape index (κ1) is 11.5. The van der Waals surface area contributed by atoms with Crippen molar-refractivity contribution < 1.29 is 4.74 Å². The van der Waals surface area contributed by atoms with Crippen LogP contribution in [0.1, 0.15) is 37.8 Å². The lowest BCUT2D eigenvalue weighted by molar-refractivity contribution is 0.151. The zero-order chi connectivity index (χ0) is 12.5. The lowest BCUT2D eigenvalue weighted by Crippen LogP contribution is -2.20. The number of ether oxygens (including phenoxy) is 1. The molecule has 0 aromatic carbocycles. The Kier molecular flexibility index (Phi) is 2.94. The van der Waals surface area contributed by atoms with Gasteiger partial charge in [-0.25, -0.2) is 4.98 Å². The third-order valence-electron chi connectivity index (χ3n) is 3.74. The maximum absolute atomic E-state index is 6.10. The Bertz CT molecular complexity index is 555. The predicted molar refractivity (Wildman–Crippen MR) is 70.7 cm³/mol. The van der Waals surface area contributed by atoms with Crippen molar-refractivity contribution in [3.05, 3.63) is 18.0 Å². The van der Waals surface area contributed by atoms with Crippen LogP contribution in [0.5, 0.6) is 5.88 Å². The largest absolute Gasteiger partial charge is 0.474 e. The highest BCUT2D eigenvalue weighted by Crippen LogP contribution is 2.29. The molecule has 3 rings (SSSR count). The fourth-order valence-corrected chi connectivity index (χ4v) is 2.80. The summed E-state index contributed by atoms with van der Waals surface area (Å²) < 4.78 is 7.99. The second kappa shape index (κ2) is 4.59. The fraction of sp³-hybridized carbons (Fsp3) is 0.571. The second-order valence-electron chi connectivity index (χ2n) is 5.10. The normalized spacial score (nSPS) is 17.2. The molecule has 96 valence electrons. The Labute approximate surface area is 107 Å². The standard InChI is InChI=1S/C14H19N3O/c1-10-13-12(17(2)16-10)8-9-15-14(13)18-11-6-4-3-5-7-11/h8-9,11H,3-7H2,1-2H3. The van der Waals surface area contributed by atoms with Gasteiger partial charge in [0.25, 0.3) is 0 Å². The minimum absolute atomic E-state index is 0.330. The molecule has 1 fully saturated rings. The molecule has 0 aliphatic heterocycles. The molecule has 0 spiro atoms. The van der Waals surface area contributed by atoms with Crippen molar-refractivity contribution in [1.29, 1.82) is 0 Å². The van der Waals surface area contributed by atoms with Crippen LogP contribution in [-0.4, -0.2) is 20.9 Å². The van der Waals surface area contributed by atoms with Gasteiger partial charge in [0, 0.05) is 13.2 Å². The van der Waals surface area contributed by atoms with Crippen molar-refractivity contribution in [3.8, 4) is 5.88 Å². The molecule has 0 bridgehead atoms. The molecule has 18 heavy (non-hydrogen) atoms. The van der Waals surface area contributed by atoms with Crippen LogP contribution >= 0.6 is 0 Å². The van der Waals surface area contributed by atoms with Crippen molar-refractivity contribution >= 4 is 10.9 Å². The van der Waals surface area contributed by atoms with Gasteiger partial charge in [0.05, 0.1) is 16.6 Å². The van der Waals surface area contributed by atoms with Crippen LogP contribution in [0.4, 0.5) is 0 Å². The first-order valence-electron chi connectivity index (χ1n) is 6.70. The summed E-state index contributed by atoms with van der Waals surface area (Å²) in [5, 5.41) is 5.50. The number of aryl methyl sites for hydroxylation is 2. The molecule has 1 aliphatic carbocycles. The summed E-state index contributed by atoms with van der Waals surface area (Å²) in [6.07, 6.45) is 8.32. The van der Waals surface area contributed by atoms with Crippen molar-refractivity contribution in [1.82, 2.24) is 14.8 Å². The quantitative estimate of drug-likeness (QED) is 0.816. The second-order valence-corrected chi connectivity index (χ2v) is 5.10. The molecule has 0 atom stereocenters. The minimum atomic E-state index is 0.330. The number of fused-ring (bicyclic) bond motifs is 1. The number of aromatic nitrogens is 3. The molecule has 2 aromatic heterocycles. The number of hydrogen-bond donors (Lipinski definition) is 0. The average molecular weight is 245 g/mol. The van der Waals surface area contributed by atoms with Crippen molar-refractivity contribution in [3.63, 3.8) is 0 Å². The molecule has 1 aliphatic rings. The van der Waals surface area contributed by atoms with E-state index in [0.717, 1.165) is 35.3 Å². The Morgan fingerprint density at radius 1 is 1.28 bits per heavy atom. The molecule has 0 radical (unpaired) electrons. The predicted octanol–water partition coefficient (Wildman–Crippen LogP) is 2.99. The third-order valence-corrected chi connectivity index (χ3v) is 3.74. The number of nitrogens with zero attached hydrogens (tertiary/aromatic N) is 3. The van der Waals surface area contributed by atoms with Crippen molar-refractivity contribution in [2.24, 2.45) is 7.05 Å². The summed E-state index contributed by atoms with van der Waals surface area (Å²) >= 11 is 0. The van der Waals surface area contributed by atoms with Crippen molar-refractivity contribution in [2.75, 3.05) is 0 Å². The summed E-state index contributed by atoms with van der Waals surface area (Å²) in [7, 11) is 1.96. The van der Waals surface area contributed by atoms with Crippen LogP contribution in [0.3, 0.4) is 0 Å². The van der Waals surface area contributed by atoms with Crippen molar-refractivity contribution in [2.45, 2.75) is 45.1 Å². The van der Waals surface area contributed by atoms with Gasteiger partial charge in [-0.15, -0.1) is 0 Å². The average Bonchev–Trinajstić information content (AvgIpc) is 2.67. The van der Waals surface area contributed by atoms with E-state index in [4.69, 9.17) is 4.74 Å². The summed E-state index contributed by atoms with van der Waals surface area (Å²) in [6, 6.07) is 1.99. The van der Waals surface area contributed by atoms with E-state index >= 15 is 0 Å². The number of rotatable bonds is 2. The molecule has 0 unspecified atom stereocenters. The van der Waals surface area contributed by atoms with Crippen LogP contribution in [-0.2, 0) is 7.05 Å². The van der Waals surface area contributed by atoms with E-state index in [1.807, 2.05) is 30.9 Å². The Morgan fingerprint density at radius 3 is 2.83 bits per heavy atom. The topological polar surface area (TPSA) is 39.9 Å². The highest BCUT2D eigenvalue weighted by Gasteiger charge is 2.18. The van der Waals surface area contributed by atoms with Gasteiger partial charge in [0.15, 0.2) is 0 Å². The van der Waals surface area contributed by atoms with E-state index in [1.165, 1.54) is 19.3 Å². The van der Waals surface area contributed by atoms with Crippen LogP contribution in [0, 0.1) is 6.92 Å². The zero-order valence-electron chi connectivity index (χ0n) is 11.0. The van der Waals surface area contributed by atoms with Crippen LogP contribution in [0.15, 0.2) is 12.3 Å². The smallest absolute Gasteiger partial charge is 0.225 e. The fourth-order valence-electron chi connectivity index (χ4n) is 2.80. The molecule has 0 N–H and O–H groups in total. The molecule has 4 nitrogen and oxygen atoms in total. The Hall–Kier alpha value is -1.58. The highest BCUT2D eigenvalue weighted by molar-refractivity contribution is 5.86. The lowest BCUT2D eigenvalue weighted by atomic mass is 9.98.